The van der Waals surface area contributed by atoms with Crippen molar-refractivity contribution in [2.24, 2.45) is 11.8 Å². The van der Waals surface area contributed by atoms with Gasteiger partial charge in [0.05, 0.1) is 35.0 Å². The monoisotopic (exact) mass is 829 g/mol. The molecule has 3 N–H and O–H groups in total. The van der Waals surface area contributed by atoms with Crippen LogP contribution in [0.25, 0.3) is 0 Å². The molecule has 0 spiro atoms. The Balaban J connectivity index is 1.84. The second kappa shape index (κ2) is 19.2. The van der Waals surface area contributed by atoms with Crippen molar-refractivity contribution in [3.8, 4) is 5.75 Å². The maximum absolute atomic E-state index is 14.4. The minimum atomic E-state index is -1.82. The lowest BCUT2D eigenvalue weighted by atomic mass is 9.93. The highest BCUT2D eigenvalue weighted by Crippen LogP contribution is 2.42. The Morgan fingerprint density at radius 2 is 1.68 bits per heavy atom. The summed E-state index contributed by atoms with van der Waals surface area (Å²) in [6.45, 7) is 12.0. The number of aliphatic hydroxyl groups is 1. The zero-order valence-corrected chi connectivity index (χ0v) is 35.9. The Morgan fingerprint density at radius 1 is 1.05 bits per heavy atom. The molecule has 3 amide bonds. The minimum Gasteiger partial charge on any atom is -0.494 e. The number of epoxide rings is 1. The average Bonchev–Trinajstić information content (AvgIpc) is 3.82. The molecule has 1 fully saturated rings. The van der Waals surface area contributed by atoms with Gasteiger partial charge in [0, 0.05) is 32.9 Å². The molecule has 2 aliphatic heterocycles. The molecule has 2 heterocycles. The number of allylic oxidation sites excluding steroid dienone is 2. The number of hydrogen-bond donors (Lipinski definition) is 3. The number of nitrogens with zero attached hydrogens (tertiary/aromatic N) is 1. The molecule has 0 bridgehead atoms. The molecule has 0 aromatic heterocycles. The first kappa shape index (κ1) is 45.8. The normalized spacial score (nSPS) is 28.9. The predicted octanol–water partition coefficient (Wildman–Crippen LogP) is 6.16. The number of benzene rings is 2. The van der Waals surface area contributed by atoms with Gasteiger partial charge in [-0.05, 0) is 62.4 Å². The molecule has 2 aliphatic rings. The van der Waals surface area contributed by atoms with Crippen molar-refractivity contribution in [2.75, 3.05) is 21.3 Å². The maximum Gasteiger partial charge on any atom is 0.332 e. The van der Waals surface area contributed by atoms with Gasteiger partial charge in [0.2, 0.25) is 11.8 Å². The van der Waals surface area contributed by atoms with Crippen LogP contribution < -0.4 is 15.4 Å². The van der Waals surface area contributed by atoms with Gasteiger partial charge >= 0.3 is 5.97 Å². The van der Waals surface area contributed by atoms with Crippen LogP contribution in [0.1, 0.15) is 78.5 Å². The van der Waals surface area contributed by atoms with E-state index >= 15 is 0 Å². The highest BCUT2D eigenvalue weighted by atomic mass is 35.5. The third-order valence-electron chi connectivity index (χ3n) is 11.0. The minimum absolute atomic E-state index is 0.137. The number of halogens is 2. The third kappa shape index (κ3) is 11.0. The molecule has 2 aromatic rings. The van der Waals surface area contributed by atoms with Crippen LogP contribution in [0.2, 0.25) is 10.0 Å². The molecule has 1 saturated heterocycles. The second-order valence-electron chi connectivity index (χ2n) is 15.8. The van der Waals surface area contributed by atoms with Crippen molar-refractivity contribution in [1.29, 1.82) is 0 Å². The number of rotatable bonds is 8. The number of likely N-dealkylation sites (N-methyl/N-ethyl adjacent to an activating group) is 1. The van der Waals surface area contributed by atoms with Crippen LogP contribution in [0, 0.1) is 11.8 Å². The zero-order chi connectivity index (χ0) is 42.4. The van der Waals surface area contributed by atoms with E-state index in [4.69, 9.17) is 42.1 Å². The molecule has 2 aromatic carbocycles. The van der Waals surface area contributed by atoms with Crippen LogP contribution in [0.3, 0.4) is 0 Å². The highest BCUT2D eigenvalue weighted by Gasteiger charge is 2.61. The summed E-state index contributed by atoms with van der Waals surface area (Å²) < 4.78 is 23.3. The van der Waals surface area contributed by atoms with Crippen LogP contribution >= 0.6 is 23.2 Å². The molecule has 312 valence electrons. The molecule has 12 nitrogen and oxygen atoms in total. The molecule has 9 unspecified atom stereocenters. The number of amides is 3. The number of ether oxygens (including phenoxy) is 4. The fourth-order valence-corrected chi connectivity index (χ4v) is 7.89. The van der Waals surface area contributed by atoms with Gasteiger partial charge in [-0.3, -0.25) is 14.4 Å². The first-order valence-corrected chi connectivity index (χ1v) is 20.0. The zero-order valence-electron chi connectivity index (χ0n) is 34.4. The van der Waals surface area contributed by atoms with Gasteiger partial charge in [-0.1, -0.05) is 99.0 Å². The Kier molecular flexibility index (Phi) is 15.4. The van der Waals surface area contributed by atoms with Gasteiger partial charge in [-0.15, -0.1) is 0 Å². The number of nitrogens with one attached hydrogen (secondary N) is 2. The summed E-state index contributed by atoms with van der Waals surface area (Å²) >= 11 is 12.9. The van der Waals surface area contributed by atoms with Gasteiger partial charge in [0.25, 0.3) is 5.91 Å². The lowest BCUT2D eigenvalue weighted by Crippen LogP contribution is -2.61. The Labute approximate surface area is 346 Å². The molecular weight excluding hydrogens is 773 g/mol. The summed E-state index contributed by atoms with van der Waals surface area (Å²) in [5, 5.41) is 17.2. The van der Waals surface area contributed by atoms with Crippen molar-refractivity contribution in [1.82, 2.24) is 15.5 Å². The fourth-order valence-electron chi connectivity index (χ4n) is 7.20. The second-order valence-corrected chi connectivity index (χ2v) is 16.6. The fraction of sp³-hybridized carbons (Fsp3) is 0.535. The molecule has 0 saturated carbocycles. The SMILES string of the molecule is CCC(C)C1C(=O)NC(Cc2cc(Cl)c(OC)c(Cl)c2)C(=O)NC(C(C)(C)O)C(=O)OC(c2ccccc2)C(C)C=CC=C(C)C(OC)CC2OC2(C)C(=O)N1C. The van der Waals surface area contributed by atoms with Gasteiger partial charge in [0.15, 0.2) is 17.4 Å². The van der Waals surface area contributed by atoms with Crippen LogP contribution in [-0.4, -0.2) is 96.5 Å². The van der Waals surface area contributed by atoms with E-state index in [1.54, 1.807) is 33.2 Å². The van der Waals surface area contributed by atoms with Crippen LogP contribution in [0.5, 0.6) is 5.75 Å². The third-order valence-corrected chi connectivity index (χ3v) is 11.5. The van der Waals surface area contributed by atoms with Crippen LogP contribution in [0.15, 0.2) is 66.3 Å². The van der Waals surface area contributed by atoms with Crippen molar-refractivity contribution < 1.29 is 43.2 Å². The van der Waals surface area contributed by atoms with Crippen molar-refractivity contribution >= 4 is 46.9 Å². The van der Waals surface area contributed by atoms with Crippen molar-refractivity contribution in [3.63, 3.8) is 0 Å². The summed E-state index contributed by atoms with van der Waals surface area (Å²) in [7, 11) is 4.56. The maximum atomic E-state index is 14.4. The largest absolute Gasteiger partial charge is 0.494 e. The Morgan fingerprint density at radius 3 is 2.25 bits per heavy atom. The topological polar surface area (TPSA) is 156 Å². The summed E-state index contributed by atoms with van der Waals surface area (Å²) in [4.78, 5) is 58.6. The smallest absolute Gasteiger partial charge is 0.332 e. The van der Waals surface area contributed by atoms with Crippen LogP contribution in [-0.2, 0) is 39.8 Å². The van der Waals surface area contributed by atoms with Crippen molar-refractivity contribution in [2.45, 2.75) is 115 Å². The highest BCUT2D eigenvalue weighted by molar-refractivity contribution is 6.37. The molecule has 0 radical (unpaired) electrons. The van der Waals surface area contributed by atoms with E-state index in [1.807, 2.05) is 76.3 Å². The summed E-state index contributed by atoms with van der Waals surface area (Å²) in [6.07, 6.45) is 4.74. The molecule has 9 atom stereocenters. The number of esters is 1. The average molecular weight is 831 g/mol. The van der Waals surface area contributed by atoms with Gasteiger partial charge in [-0.2, -0.15) is 0 Å². The molecule has 14 heteroatoms. The number of carbonyl (C=O) groups is 4. The van der Waals surface area contributed by atoms with Gasteiger partial charge in [-0.25, -0.2) is 4.79 Å². The summed E-state index contributed by atoms with van der Waals surface area (Å²) in [5.74, 6) is -3.18. The molecule has 4 rings (SSSR count). The first-order chi connectivity index (χ1) is 26.8. The van der Waals surface area contributed by atoms with E-state index in [0.29, 0.717) is 24.0 Å². The van der Waals surface area contributed by atoms with E-state index in [0.717, 1.165) is 5.57 Å². The summed E-state index contributed by atoms with van der Waals surface area (Å²) in [6, 6.07) is 8.34. The number of fused-ring (bicyclic) bond motifs is 1. The van der Waals surface area contributed by atoms with Crippen LogP contribution in [0.4, 0.5) is 0 Å². The van der Waals surface area contributed by atoms with E-state index in [2.05, 4.69) is 10.6 Å². The number of cyclic esters (lactones) is 1. The molecule has 0 aliphatic carbocycles. The van der Waals surface area contributed by atoms with E-state index < -0.39 is 65.2 Å². The van der Waals surface area contributed by atoms with E-state index in [1.165, 1.54) is 25.9 Å². The quantitative estimate of drug-likeness (QED) is 0.210. The Hall–Kier alpha value is -3.94. The summed E-state index contributed by atoms with van der Waals surface area (Å²) in [5.41, 5.74) is -0.987. The van der Waals surface area contributed by atoms with E-state index in [9.17, 15) is 24.3 Å². The molecular formula is C43H57Cl2N3O9. The lowest BCUT2D eigenvalue weighted by molar-refractivity contribution is -0.162. The van der Waals surface area contributed by atoms with E-state index in [-0.39, 0.29) is 40.2 Å². The predicted molar refractivity (Wildman–Crippen MR) is 219 cm³/mol. The Bertz CT molecular complexity index is 1810. The number of hydrogen-bond acceptors (Lipinski definition) is 9. The van der Waals surface area contributed by atoms with Gasteiger partial charge in [0.1, 0.15) is 18.2 Å². The number of methoxy groups -OCH3 is 2. The lowest BCUT2D eigenvalue weighted by Gasteiger charge is -2.35. The number of carbonyl (C=O) groups excluding carboxylic acids is 4. The van der Waals surface area contributed by atoms with Crippen molar-refractivity contribution in [3.05, 3.63) is 87.4 Å². The van der Waals surface area contributed by atoms with Gasteiger partial charge < -0.3 is 39.6 Å². The molecule has 57 heavy (non-hydrogen) atoms. The first-order valence-electron chi connectivity index (χ1n) is 19.2. The standard InChI is InChI=1S/C43H57Cl2N3O9/c1-11-24(2)34-39(50)46-31(22-27-20-29(44)36(55-10)30(45)21-27)38(49)47-37(42(5,6)53)40(51)56-35(28-18-13-12-14-19-28)26(4)17-15-16-25(3)32(54-9)23-33-43(7,57-33)41(52)48(34)8/h12-21,24,26,31-35,37,53H,11,22-23H2,1-10H3,(H,46,50)(H,47,49).